The van der Waals surface area contributed by atoms with Gasteiger partial charge in [0.1, 0.15) is 5.75 Å². The van der Waals surface area contributed by atoms with Crippen molar-refractivity contribution in [2.45, 2.75) is 0 Å². The standard InChI is InChI=1S/C14H10BrCl2NO2/c1-20-13-5-3-8(16)6-10(13)14(19)18-12-7-9(17)2-4-11(12)15/h2-7H,1H3,(H,18,19). The molecule has 1 N–H and O–H groups in total. The van der Waals surface area contributed by atoms with Gasteiger partial charge in [-0.3, -0.25) is 4.79 Å². The highest BCUT2D eigenvalue weighted by Gasteiger charge is 2.14. The van der Waals surface area contributed by atoms with Crippen molar-refractivity contribution in [2.24, 2.45) is 0 Å². The van der Waals surface area contributed by atoms with Crippen LogP contribution in [0.1, 0.15) is 10.4 Å². The maximum atomic E-state index is 12.3. The van der Waals surface area contributed by atoms with Crippen molar-refractivity contribution in [3.05, 3.63) is 56.5 Å². The molecule has 0 heterocycles. The number of carbonyl (C=O) groups is 1. The van der Waals surface area contributed by atoms with E-state index in [2.05, 4.69) is 21.2 Å². The summed E-state index contributed by atoms with van der Waals surface area (Å²) in [5, 5.41) is 3.75. The smallest absolute Gasteiger partial charge is 0.259 e. The summed E-state index contributed by atoms with van der Waals surface area (Å²) in [5.74, 6) is 0.123. The first-order chi connectivity index (χ1) is 9.51. The van der Waals surface area contributed by atoms with Crippen molar-refractivity contribution in [3.63, 3.8) is 0 Å². The number of carbonyl (C=O) groups excluding carboxylic acids is 1. The average molecular weight is 375 g/mol. The van der Waals surface area contributed by atoms with E-state index in [4.69, 9.17) is 27.9 Å². The van der Waals surface area contributed by atoms with Crippen LogP contribution in [-0.4, -0.2) is 13.0 Å². The minimum atomic E-state index is -0.327. The number of rotatable bonds is 3. The van der Waals surface area contributed by atoms with Gasteiger partial charge in [0.05, 0.1) is 18.4 Å². The summed E-state index contributed by atoms with van der Waals surface area (Å²) >= 11 is 15.2. The summed E-state index contributed by atoms with van der Waals surface area (Å²) < 4.78 is 5.89. The van der Waals surface area contributed by atoms with Crippen molar-refractivity contribution in [1.82, 2.24) is 0 Å². The molecule has 0 saturated heterocycles. The molecule has 2 aromatic rings. The molecule has 0 bridgehead atoms. The molecule has 0 fully saturated rings. The summed E-state index contributed by atoms with van der Waals surface area (Å²) in [5.41, 5.74) is 0.927. The minimum Gasteiger partial charge on any atom is -0.496 e. The van der Waals surface area contributed by atoms with Crippen molar-refractivity contribution in [3.8, 4) is 5.75 Å². The number of amides is 1. The third-order valence-corrected chi connectivity index (χ3v) is 3.74. The molecule has 1 amide bonds. The number of benzene rings is 2. The van der Waals surface area contributed by atoms with Gasteiger partial charge in [-0.25, -0.2) is 0 Å². The number of ether oxygens (including phenoxy) is 1. The van der Waals surface area contributed by atoms with Crippen LogP contribution in [0, 0.1) is 0 Å². The zero-order valence-corrected chi connectivity index (χ0v) is 13.5. The molecule has 0 atom stereocenters. The second kappa shape index (κ2) is 6.48. The molecule has 2 rings (SSSR count). The van der Waals surface area contributed by atoms with Crippen LogP contribution in [0.25, 0.3) is 0 Å². The van der Waals surface area contributed by atoms with Crippen LogP contribution in [0.4, 0.5) is 5.69 Å². The highest BCUT2D eigenvalue weighted by molar-refractivity contribution is 9.10. The van der Waals surface area contributed by atoms with Crippen molar-refractivity contribution >= 4 is 50.7 Å². The molecule has 0 aliphatic rings. The third-order valence-electron chi connectivity index (χ3n) is 2.58. The number of nitrogens with one attached hydrogen (secondary N) is 1. The lowest BCUT2D eigenvalue weighted by Crippen LogP contribution is -2.13. The molecular formula is C14H10BrCl2NO2. The van der Waals surface area contributed by atoms with E-state index < -0.39 is 0 Å². The molecule has 6 heteroatoms. The van der Waals surface area contributed by atoms with E-state index in [1.807, 2.05) is 0 Å². The first kappa shape index (κ1) is 15.2. The van der Waals surface area contributed by atoms with E-state index in [1.165, 1.54) is 7.11 Å². The molecule has 0 unspecified atom stereocenters. The van der Waals surface area contributed by atoms with E-state index in [-0.39, 0.29) is 5.91 Å². The van der Waals surface area contributed by atoms with E-state index in [0.717, 1.165) is 4.47 Å². The maximum Gasteiger partial charge on any atom is 0.259 e. The molecule has 20 heavy (non-hydrogen) atoms. The predicted octanol–water partition coefficient (Wildman–Crippen LogP) is 5.02. The number of hydrogen-bond donors (Lipinski definition) is 1. The Hall–Kier alpha value is -1.23. The zero-order valence-electron chi connectivity index (χ0n) is 10.4. The van der Waals surface area contributed by atoms with Crippen LogP contribution in [0.5, 0.6) is 5.75 Å². The lowest BCUT2D eigenvalue weighted by atomic mass is 10.2. The van der Waals surface area contributed by atoms with E-state index in [9.17, 15) is 4.79 Å². The molecule has 0 aliphatic carbocycles. The van der Waals surface area contributed by atoms with Gasteiger partial charge in [-0.1, -0.05) is 23.2 Å². The summed E-state index contributed by atoms with van der Waals surface area (Å²) in [6, 6.07) is 9.99. The molecule has 0 radical (unpaired) electrons. The van der Waals surface area contributed by atoms with E-state index in [0.29, 0.717) is 27.0 Å². The maximum absolute atomic E-state index is 12.3. The fourth-order valence-corrected chi connectivity index (χ4v) is 2.33. The quantitative estimate of drug-likeness (QED) is 0.819. The van der Waals surface area contributed by atoms with Gasteiger partial charge in [0.15, 0.2) is 0 Å². The Bertz CT molecular complexity index is 662. The zero-order chi connectivity index (χ0) is 14.7. The average Bonchev–Trinajstić information content (AvgIpc) is 2.42. The summed E-state index contributed by atoms with van der Waals surface area (Å²) in [6.07, 6.45) is 0. The molecule has 2 aromatic carbocycles. The van der Waals surface area contributed by atoms with Crippen molar-refractivity contribution in [1.29, 1.82) is 0 Å². The van der Waals surface area contributed by atoms with Crippen LogP contribution in [0.3, 0.4) is 0 Å². The van der Waals surface area contributed by atoms with Crippen LogP contribution in [-0.2, 0) is 0 Å². The normalized spacial score (nSPS) is 10.2. The number of methoxy groups -OCH3 is 1. The summed E-state index contributed by atoms with van der Waals surface area (Å²) in [7, 11) is 1.50. The van der Waals surface area contributed by atoms with Gasteiger partial charge in [0.2, 0.25) is 0 Å². The van der Waals surface area contributed by atoms with Crippen LogP contribution in [0.15, 0.2) is 40.9 Å². The van der Waals surface area contributed by atoms with Gasteiger partial charge >= 0.3 is 0 Å². The van der Waals surface area contributed by atoms with E-state index >= 15 is 0 Å². The second-order valence-electron chi connectivity index (χ2n) is 3.92. The molecular weight excluding hydrogens is 365 g/mol. The Kier molecular flexibility index (Phi) is 4.91. The van der Waals surface area contributed by atoms with Crippen LogP contribution in [0.2, 0.25) is 10.0 Å². The molecule has 3 nitrogen and oxygen atoms in total. The Morgan fingerprint density at radius 2 is 1.80 bits per heavy atom. The SMILES string of the molecule is COc1ccc(Cl)cc1C(=O)Nc1cc(Cl)ccc1Br. The summed E-state index contributed by atoms with van der Waals surface area (Å²) in [4.78, 5) is 12.3. The van der Waals surface area contributed by atoms with Crippen LogP contribution >= 0.6 is 39.1 Å². The first-order valence-corrected chi connectivity index (χ1v) is 7.16. The topological polar surface area (TPSA) is 38.3 Å². The fraction of sp³-hybridized carbons (Fsp3) is 0.0714. The van der Waals surface area contributed by atoms with E-state index in [1.54, 1.807) is 36.4 Å². The van der Waals surface area contributed by atoms with Crippen LogP contribution < -0.4 is 10.1 Å². The van der Waals surface area contributed by atoms with Gasteiger partial charge in [-0.15, -0.1) is 0 Å². The Balaban J connectivity index is 2.32. The van der Waals surface area contributed by atoms with Gasteiger partial charge in [0, 0.05) is 14.5 Å². The highest BCUT2D eigenvalue weighted by atomic mass is 79.9. The largest absolute Gasteiger partial charge is 0.496 e. The first-order valence-electron chi connectivity index (χ1n) is 5.61. The van der Waals surface area contributed by atoms with Gasteiger partial charge in [-0.2, -0.15) is 0 Å². The number of anilines is 1. The molecule has 0 saturated carbocycles. The highest BCUT2D eigenvalue weighted by Crippen LogP contribution is 2.28. The van der Waals surface area contributed by atoms with Crippen molar-refractivity contribution in [2.75, 3.05) is 12.4 Å². The predicted molar refractivity (Wildman–Crippen MR) is 85.1 cm³/mol. The molecule has 0 spiro atoms. The monoisotopic (exact) mass is 373 g/mol. The fourth-order valence-electron chi connectivity index (χ4n) is 1.64. The third kappa shape index (κ3) is 3.45. The minimum absolute atomic E-state index is 0.327. The lowest BCUT2D eigenvalue weighted by Gasteiger charge is -2.11. The number of halogens is 3. The Morgan fingerprint density at radius 3 is 2.50 bits per heavy atom. The Morgan fingerprint density at radius 1 is 1.15 bits per heavy atom. The number of hydrogen-bond acceptors (Lipinski definition) is 2. The van der Waals surface area contributed by atoms with Gasteiger partial charge < -0.3 is 10.1 Å². The molecule has 0 aromatic heterocycles. The Labute approximate surface area is 135 Å². The van der Waals surface area contributed by atoms with Gasteiger partial charge in [-0.05, 0) is 52.3 Å². The van der Waals surface area contributed by atoms with Crippen molar-refractivity contribution < 1.29 is 9.53 Å². The lowest BCUT2D eigenvalue weighted by molar-refractivity contribution is 0.102. The molecule has 104 valence electrons. The van der Waals surface area contributed by atoms with Gasteiger partial charge in [0.25, 0.3) is 5.91 Å². The second-order valence-corrected chi connectivity index (χ2v) is 5.65. The summed E-state index contributed by atoms with van der Waals surface area (Å²) in [6.45, 7) is 0. The molecule has 0 aliphatic heterocycles.